The molecule has 3 rings (SSSR count). The van der Waals surface area contributed by atoms with Crippen LogP contribution in [0.2, 0.25) is 0 Å². The second kappa shape index (κ2) is 4.46. The molecule has 2 heteroatoms. The highest BCUT2D eigenvalue weighted by molar-refractivity contribution is 9.10. The molecule has 1 aromatic carbocycles. The zero-order valence-corrected chi connectivity index (χ0v) is 10.9. The predicted octanol–water partition coefficient (Wildman–Crippen LogP) is 4.33. The summed E-state index contributed by atoms with van der Waals surface area (Å²) in [5.41, 5.74) is 5.37. The van der Waals surface area contributed by atoms with E-state index in [1.807, 2.05) is 6.20 Å². The van der Waals surface area contributed by atoms with Crippen molar-refractivity contribution in [3.63, 3.8) is 0 Å². The van der Waals surface area contributed by atoms with Gasteiger partial charge in [0.25, 0.3) is 0 Å². The van der Waals surface area contributed by atoms with Gasteiger partial charge in [0.1, 0.15) is 4.60 Å². The third-order valence-corrected chi connectivity index (χ3v) is 3.56. The Morgan fingerprint density at radius 3 is 2.71 bits per heavy atom. The highest BCUT2D eigenvalue weighted by Crippen LogP contribution is 2.30. The van der Waals surface area contributed by atoms with E-state index in [1.165, 1.54) is 22.3 Å². The molecule has 0 N–H and O–H groups in total. The minimum absolute atomic E-state index is 0.904. The van der Waals surface area contributed by atoms with Crippen LogP contribution in [-0.4, -0.2) is 4.98 Å². The Labute approximate surface area is 109 Å². The van der Waals surface area contributed by atoms with Crippen LogP contribution in [0.5, 0.6) is 0 Å². The van der Waals surface area contributed by atoms with Crippen LogP contribution in [0, 0.1) is 0 Å². The summed E-state index contributed by atoms with van der Waals surface area (Å²) >= 11 is 3.43. The summed E-state index contributed by atoms with van der Waals surface area (Å²) in [4.78, 5) is 4.28. The third-order valence-electron chi connectivity index (χ3n) is 3.13. The van der Waals surface area contributed by atoms with Crippen LogP contribution in [0.15, 0.2) is 47.2 Å². The molecular formula is C15H12BrN. The molecule has 0 unspecified atom stereocenters. The maximum absolute atomic E-state index is 4.28. The Hall–Kier alpha value is -1.41. The summed E-state index contributed by atoms with van der Waals surface area (Å²) in [6.45, 7) is 0. The number of halogens is 1. The summed E-state index contributed by atoms with van der Waals surface area (Å²) in [5, 5.41) is 0. The largest absolute Gasteiger partial charge is 0.249 e. The lowest BCUT2D eigenvalue weighted by Gasteiger charge is -2.16. The van der Waals surface area contributed by atoms with Crippen molar-refractivity contribution in [1.29, 1.82) is 0 Å². The van der Waals surface area contributed by atoms with Crippen LogP contribution in [-0.2, 0) is 6.42 Å². The molecule has 2 aromatic rings. The quantitative estimate of drug-likeness (QED) is 0.711. The molecule has 0 bridgehead atoms. The highest BCUT2D eigenvalue weighted by atomic mass is 79.9. The number of aryl methyl sites for hydroxylation is 1. The fourth-order valence-corrected chi connectivity index (χ4v) is 2.57. The van der Waals surface area contributed by atoms with E-state index in [4.69, 9.17) is 0 Å². The Balaban J connectivity index is 2.05. The first kappa shape index (κ1) is 10.7. The Morgan fingerprint density at radius 2 is 1.88 bits per heavy atom. The predicted molar refractivity (Wildman–Crippen MR) is 74.6 cm³/mol. The van der Waals surface area contributed by atoms with E-state index in [0.717, 1.165) is 17.4 Å². The summed E-state index contributed by atoms with van der Waals surface area (Å²) in [6.07, 6.45) is 6.43. The number of benzene rings is 1. The topological polar surface area (TPSA) is 12.9 Å². The molecule has 84 valence electrons. The first-order chi connectivity index (χ1) is 8.33. The van der Waals surface area contributed by atoms with E-state index in [1.54, 1.807) is 0 Å². The van der Waals surface area contributed by atoms with Gasteiger partial charge in [-0.15, -0.1) is 0 Å². The van der Waals surface area contributed by atoms with Gasteiger partial charge in [-0.05, 0) is 57.1 Å². The van der Waals surface area contributed by atoms with Gasteiger partial charge in [0.15, 0.2) is 0 Å². The molecule has 0 radical (unpaired) electrons. The molecule has 1 aromatic heterocycles. The second-order valence-electron chi connectivity index (χ2n) is 4.24. The van der Waals surface area contributed by atoms with Gasteiger partial charge in [-0.2, -0.15) is 0 Å². The zero-order chi connectivity index (χ0) is 11.7. The van der Waals surface area contributed by atoms with E-state index in [-0.39, 0.29) is 0 Å². The number of rotatable bonds is 1. The van der Waals surface area contributed by atoms with Gasteiger partial charge in [-0.1, -0.05) is 36.4 Å². The maximum Gasteiger partial charge on any atom is 0.106 e. The molecular weight excluding hydrogens is 274 g/mol. The van der Waals surface area contributed by atoms with Gasteiger partial charge in [0.05, 0.1) is 0 Å². The van der Waals surface area contributed by atoms with Crippen molar-refractivity contribution in [2.75, 3.05) is 0 Å². The van der Waals surface area contributed by atoms with Crippen molar-refractivity contribution in [3.8, 4) is 0 Å². The summed E-state index contributed by atoms with van der Waals surface area (Å²) in [7, 11) is 0. The lowest BCUT2D eigenvalue weighted by Crippen LogP contribution is -2.00. The van der Waals surface area contributed by atoms with Crippen molar-refractivity contribution in [2.24, 2.45) is 0 Å². The molecule has 1 aliphatic rings. The number of hydrogen-bond donors (Lipinski definition) is 0. The zero-order valence-electron chi connectivity index (χ0n) is 9.36. The second-order valence-corrected chi connectivity index (χ2v) is 5.05. The molecule has 1 nitrogen and oxygen atoms in total. The summed E-state index contributed by atoms with van der Waals surface area (Å²) < 4.78 is 0.904. The normalized spacial score (nSPS) is 14.1. The lowest BCUT2D eigenvalue weighted by molar-refractivity contribution is 0.981. The number of fused-ring (bicyclic) bond motifs is 1. The van der Waals surface area contributed by atoms with Gasteiger partial charge in [-0.3, -0.25) is 0 Å². The molecule has 1 aliphatic carbocycles. The molecule has 0 aliphatic heterocycles. The SMILES string of the molecule is Brc1cc2c(cn1)CCC(c1ccccc1)=C2. The van der Waals surface area contributed by atoms with Gasteiger partial charge in [0.2, 0.25) is 0 Å². The van der Waals surface area contributed by atoms with Crippen LogP contribution >= 0.6 is 15.9 Å². The van der Waals surface area contributed by atoms with Crippen LogP contribution < -0.4 is 0 Å². The van der Waals surface area contributed by atoms with E-state index in [9.17, 15) is 0 Å². The lowest BCUT2D eigenvalue weighted by atomic mass is 9.90. The van der Waals surface area contributed by atoms with Crippen molar-refractivity contribution in [1.82, 2.24) is 4.98 Å². The Kier molecular flexibility index (Phi) is 2.81. The van der Waals surface area contributed by atoms with Gasteiger partial charge in [0, 0.05) is 6.20 Å². The molecule has 0 saturated carbocycles. The van der Waals surface area contributed by atoms with Crippen LogP contribution in [0.3, 0.4) is 0 Å². The maximum atomic E-state index is 4.28. The van der Waals surface area contributed by atoms with E-state index in [2.05, 4.69) is 63.4 Å². The number of pyridine rings is 1. The fourth-order valence-electron chi connectivity index (χ4n) is 2.22. The van der Waals surface area contributed by atoms with Crippen LogP contribution in [0.1, 0.15) is 23.1 Å². The molecule has 0 spiro atoms. The van der Waals surface area contributed by atoms with Crippen LogP contribution in [0.4, 0.5) is 0 Å². The third kappa shape index (κ3) is 2.18. The highest BCUT2D eigenvalue weighted by Gasteiger charge is 2.12. The van der Waals surface area contributed by atoms with Crippen molar-refractivity contribution >= 4 is 27.6 Å². The minimum atomic E-state index is 0.904. The smallest absolute Gasteiger partial charge is 0.106 e. The summed E-state index contributed by atoms with van der Waals surface area (Å²) in [5.74, 6) is 0. The van der Waals surface area contributed by atoms with Gasteiger partial charge < -0.3 is 0 Å². The average molecular weight is 286 g/mol. The Bertz CT molecular complexity index is 573. The molecule has 0 fully saturated rings. The fraction of sp³-hybridized carbons (Fsp3) is 0.133. The first-order valence-electron chi connectivity index (χ1n) is 5.73. The summed E-state index contributed by atoms with van der Waals surface area (Å²) in [6, 6.07) is 12.7. The molecule has 0 atom stereocenters. The minimum Gasteiger partial charge on any atom is -0.249 e. The number of nitrogens with zero attached hydrogens (tertiary/aromatic N) is 1. The van der Waals surface area contributed by atoms with Gasteiger partial charge >= 0.3 is 0 Å². The number of allylic oxidation sites excluding steroid dienone is 1. The number of hydrogen-bond acceptors (Lipinski definition) is 1. The number of aromatic nitrogens is 1. The first-order valence-corrected chi connectivity index (χ1v) is 6.52. The van der Waals surface area contributed by atoms with Crippen LogP contribution in [0.25, 0.3) is 11.6 Å². The van der Waals surface area contributed by atoms with E-state index >= 15 is 0 Å². The van der Waals surface area contributed by atoms with Crippen molar-refractivity contribution < 1.29 is 0 Å². The molecule has 17 heavy (non-hydrogen) atoms. The molecule has 1 heterocycles. The van der Waals surface area contributed by atoms with Crippen molar-refractivity contribution in [2.45, 2.75) is 12.8 Å². The van der Waals surface area contributed by atoms with Gasteiger partial charge in [-0.25, -0.2) is 4.98 Å². The van der Waals surface area contributed by atoms with E-state index in [0.29, 0.717) is 0 Å². The van der Waals surface area contributed by atoms with E-state index < -0.39 is 0 Å². The molecule has 0 saturated heterocycles. The monoisotopic (exact) mass is 285 g/mol. The van der Waals surface area contributed by atoms with Crippen molar-refractivity contribution in [3.05, 3.63) is 63.9 Å². The molecule has 0 amide bonds. The average Bonchev–Trinajstić information content (AvgIpc) is 2.39. The Morgan fingerprint density at radius 1 is 1.06 bits per heavy atom. The standard InChI is InChI=1S/C15H12BrN/c16-15-9-14-8-12(6-7-13(14)10-17-15)11-4-2-1-3-5-11/h1-5,8-10H,6-7H2.